The van der Waals surface area contributed by atoms with Gasteiger partial charge in [0, 0.05) is 0 Å². The molecule has 0 saturated heterocycles. The fourth-order valence-electron chi connectivity index (χ4n) is 6.56. The van der Waals surface area contributed by atoms with E-state index in [-0.39, 0.29) is 16.2 Å². The van der Waals surface area contributed by atoms with E-state index in [1.807, 2.05) is 13.0 Å². The minimum Gasteiger partial charge on any atom is -0.198 e. The normalized spacial score (nSPS) is 33.2. The van der Waals surface area contributed by atoms with Gasteiger partial charge in [0.2, 0.25) is 0 Å². The van der Waals surface area contributed by atoms with Crippen LogP contribution in [0.25, 0.3) is 0 Å². The molecule has 0 bridgehead atoms. The first-order valence-corrected chi connectivity index (χ1v) is 11.0. The van der Waals surface area contributed by atoms with Crippen LogP contribution >= 0.6 is 0 Å². The van der Waals surface area contributed by atoms with E-state index in [9.17, 15) is 5.26 Å². The number of hydrogen-bond acceptors (Lipinski definition) is 1. The van der Waals surface area contributed by atoms with E-state index >= 15 is 0 Å². The lowest BCUT2D eigenvalue weighted by Gasteiger charge is -2.59. The topological polar surface area (TPSA) is 23.8 Å². The van der Waals surface area contributed by atoms with Crippen molar-refractivity contribution < 1.29 is 0 Å². The Labute approximate surface area is 174 Å². The van der Waals surface area contributed by atoms with Crippen LogP contribution in [0.15, 0.2) is 49.1 Å². The Hall–Kier alpha value is -1.55. The van der Waals surface area contributed by atoms with Crippen LogP contribution in [0.4, 0.5) is 0 Å². The molecule has 154 valence electrons. The fourth-order valence-corrected chi connectivity index (χ4v) is 6.56. The fraction of sp³-hybridized carbons (Fsp3) is 0.667. The van der Waals surface area contributed by atoms with Gasteiger partial charge in [-0.05, 0) is 87.4 Å². The molecule has 2 rings (SSSR count). The Morgan fingerprint density at radius 3 is 2.54 bits per heavy atom. The van der Waals surface area contributed by atoms with Gasteiger partial charge < -0.3 is 0 Å². The number of nitriles is 1. The van der Waals surface area contributed by atoms with Crippen molar-refractivity contribution in [2.75, 3.05) is 0 Å². The molecule has 0 aromatic heterocycles. The average molecular weight is 380 g/mol. The SMILES string of the molecule is C=CCC(C)(C#N)CC(=C)CC1CC2(C)C=CCCC2C(C)(C)C1CC(=C)C. The highest BCUT2D eigenvalue weighted by molar-refractivity contribution is 5.17. The maximum absolute atomic E-state index is 9.66. The van der Waals surface area contributed by atoms with Gasteiger partial charge in [-0.2, -0.15) is 5.26 Å². The maximum Gasteiger partial charge on any atom is 0.0693 e. The summed E-state index contributed by atoms with van der Waals surface area (Å²) in [6.45, 7) is 24.2. The molecular weight excluding hydrogens is 338 g/mol. The highest BCUT2D eigenvalue weighted by atomic mass is 14.6. The Morgan fingerprint density at radius 1 is 1.29 bits per heavy atom. The largest absolute Gasteiger partial charge is 0.198 e. The minimum absolute atomic E-state index is 0.276. The Bertz CT molecular complexity index is 688. The molecule has 1 fully saturated rings. The highest BCUT2D eigenvalue weighted by Crippen LogP contribution is 2.62. The van der Waals surface area contributed by atoms with Crippen molar-refractivity contribution >= 4 is 0 Å². The standard InChI is InChI=1S/C27H41N/c1-9-13-26(7,19-28)17-21(4)16-22-18-27(8)14-11-10-12-24(27)25(5,6)23(22)15-20(2)3/h9,11,14,22-24H,1-2,4,10,12-13,15-18H2,3,5-8H3. The van der Waals surface area contributed by atoms with Gasteiger partial charge in [0.15, 0.2) is 0 Å². The van der Waals surface area contributed by atoms with Crippen LogP contribution in [0.3, 0.4) is 0 Å². The van der Waals surface area contributed by atoms with Crippen molar-refractivity contribution in [2.45, 2.75) is 79.6 Å². The summed E-state index contributed by atoms with van der Waals surface area (Å²) in [5.41, 5.74) is 2.68. The molecule has 0 amide bonds. The van der Waals surface area contributed by atoms with Crippen LogP contribution < -0.4 is 0 Å². The molecule has 0 aromatic rings. The molecule has 5 unspecified atom stereocenters. The molecule has 0 aliphatic heterocycles. The van der Waals surface area contributed by atoms with Crippen LogP contribution in [0.1, 0.15) is 79.6 Å². The molecule has 28 heavy (non-hydrogen) atoms. The second-order valence-electron chi connectivity index (χ2n) is 10.9. The number of rotatable bonds is 8. The summed E-state index contributed by atoms with van der Waals surface area (Å²) in [6, 6.07) is 2.50. The van der Waals surface area contributed by atoms with Crippen LogP contribution in [0.5, 0.6) is 0 Å². The van der Waals surface area contributed by atoms with E-state index in [0.717, 1.165) is 31.6 Å². The Balaban J connectivity index is 2.28. The summed E-state index contributed by atoms with van der Waals surface area (Å²) in [6.07, 6.45) is 14.1. The number of allylic oxidation sites excluding steroid dienone is 5. The molecule has 1 saturated carbocycles. The van der Waals surface area contributed by atoms with E-state index in [4.69, 9.17) is 0 Å². The van der Waals surface area contributed by atoms with Crippen LogP contribution in [-0.2, 0) is 0 Å². The number of nitrogens with zero attached hydrogens (tertiary/aromatic N) is 1. The second kappa shape index (κ2) is 8.44. The van der Waals surface area contributed by atoms with Gasteiger partial charge in [-0.1, -0.05) is 56.7 Å². The second-order valence-corrected chi connectivity index (χ2v) is 10.9. The molecule has 0 aromatic carbocycles. The summed E-state index contributed by atoms with van der Waals surface area (Å²) >= 11 is 0. The molecule has 0 radical (unpaired) electrons. The monoisotopic (exact) mass is 379 g/mol. The molecule has 5 atom stereocenters. The minimum atomic E-state index is -0.385. The maximum atomic E-state index is 9.66. The summed E-state index contributed by atoms with van der Waals surface area (Å²) in [5.74, 6) is 1.94. The van der Waals surface area contributed by atoms with Crippen molar-refractivity contribution in [2.24, 2.45) is 34.0 Å². The summed E-state index contributed by atoms with van der Waals surface area (Å²) in [7, 11) is 0. The van der Waals surface area contributed by atoms with Gasteiger partial charge in [-0.3, -0.25) is 0 Å². The van der Waals surface area contributed by atoms with Gasteiger partial charge in [-0.25, -0.2) is 0 Å². The molecule has 1 heteroatoms. The van der Waals surface area contributed by atoms with Gasteiger partial charge >= 0.3 is 0 Å². The quantitative estimate of drug-likeness (QED) is 0.391. The van der Waals surface area contributed by atoms with Crippen molar-refractivity contribution in [3.63, 3.8) is 0 Å². The van der Waals surface area contributed by atoms with Crippen molar-refractivity contribution in [1.29, 1.82) is 5.26 Å². The highest BCUT2D eigenvalue weighted by Gasteiger charge is 2.53. The summed E-state index contributed by atoms with van der Waals surface area (Å²) in [5, 5.41) is 9.66. The van der Waals surface area contributed by atoms with Gasteiger partial charge in [0.25, 0.3) is 0 Å². The lowest BCUT2D eigenvalue weighted by molar-refractivity contribution is -0.0664. The Morgan fingerprint density at radius 2 is 1.96 bits per heavy atom. The number of hydrogen-bond donors (Lipinski definition) is 0. The first-order valence-electron chi connectivity index (χ1n) is 11.0. The lowest BCUT2D eigenvalue weighted by atomic mass is 9.46. The third-order valence-corrected chi connectivity index (χ3v) is 7.67. The average Bonchev–Trinajstić information content (AvgIpc) is 2.58. The van der Waals surface area contributed by atoms with Crippen molar-refractivity contribution in [1.82, 2.24) is 0 Å². The zero-order chi connectivity index (χ0) is 21.2. The molecular formula is C27H41N. The van der Waals surface area contributed by atoms with Gasteiger partial charge in [0.05, 0.1) is 11.5 Å². The van der Waals surface area contributed by atoms with E-state index in [2.05, 4.69) is 65.7 Å². The third kappa shape index (κ3) is 4.71. The van der Waals surface area contributed by atoms with Gasteiger partial charge in [-0.15, -0.1) is 13.2 Å². The summed E-state index contributed by atoms with van der Waals surface area (Å²) in [4.78, 5) is 0. The van der Waals surface area contributed by atoms with E-state index in [0.29, 0.717) is 11.8 Å². The van der Waals surface area contributed by atoms with Crippen LogP contribution in [-0.4, -0.2) is 0 Å². The third-order valence-electron chi connectivity index (χ3n) is 7.67. The van der Waals surface area contributed by atoms with E-state index in [1.165, 1.54) is 30.4 Å². The molecule has 2 aliphatic rings. The smallest absolute Gasteiger partial charge is 0.0693 e. The zero-order valence-electron chi connectivity index (χ0n) is 19.0. The summed E-state index contributed by atoms with van der Waals surface area (Å²) < 4.78 is 0. The first-order chi connectivity index (χ1) is 13.0. The Kier molecular flexibility index (Phi) is 6.86. The van der Waals surface area contributed by atoms with Crippen molar-refractivity contribution in [3.05, 3.63) is 49.1 Å². The lowest BCUT2D eigenvalue weighted by Crippen LogP contribution is -2.51. The van der Waals surface area contributed by atoms with E-state index < -0.39 is 0 Å². The van der Waals surface area contributed by atoms with E-state index in [1.54, 1.807) is 0 Å². The van der Waals surface area contributed by atoms with Crippen molar-refractivity contribution in [3.8, 4) is 6.07 Å². The van der Waals surface area contributed by atoms with Gasteiger partial charge in [0.1, 0.15) is 0 Å². The molecule has 0 N–H and O–H groups in total. The predicted octanol–water partition coefficient (Wildman–Crippen LogP) is 8.03. The molecule has 0 heterocycles. The number of fused-ring (bicyclic) bond motifs is 1. The first kappa shape index (κ1) is 22.7. The molecule has 2 aliphatic carbocycles. The molecule has 1 nitrogen and oxygen atoms in total. The molecule has 0 spiro atoms. The van der Waals surface area contributed by atoms with Crippen LogP contribution in [0.2, 0.25) is 0 Å². The van der Waals surface area contributed by atoms with Crippen LogP contribution in [0, 0.1) is 45.3 Å². The predicted molar refractivity (Wildman–Crippen MR) is 122 cm³/mol. The zero-order valence-corrected chi connectivity index (χ0v) is 19.0.